The first-order chi connectivity index (χ1) is 19.4. The Balaban J connectivity index is 1.29. The number of pyridine rings is 1. The Morgan fingerprint density at radius 3 is 2.71 bits per heavy atom. The number of carboxylic acids is 1. The third-order valence-electron chi connectivity index (χ3n) is 7.46. The molecule has 0 spiro atoms. The molecule has 9 nitrogen and oxygen atoms in total. The average Bonchev–Trinajstić information content (AvgIpc) is 3.46. The van der Waals surface area contributed by atoms with Crippen molar-refractivity contribution in [3.63, 3.8) is 0 Å². The molecule has 1 N–H and O–H groups in total. The van der Waals surface area contributed by atoms with Gasteiger partial charge in [-0.1, -0.05) is 12.1 Å². The molecule has 0 bridgehead atoms. The molecule has 3 aliphatic rings. The molecule has 2 aliphatic carbocycles. The van der Waals surface area contributed by atoms with Gasteiger partial charge in [-0.25, -0.2) is 4.68 Å². The van der Waals surface area contributed by atoms with E-state index in [0.717, 1.165) is 5.56 Å². The van der Waals surface area contributed by atoms with Crippen LogP contribution < -0.4 is 14.2 Å². The molecule has 1 aliphatic heterocycles. The number of hydrogen-bond donors (Lipinski definition) is 1. The van der Waals surface area contributed by atoms with Crippen LogP contribution in [0, 0.1) is 5.92 Å². The molecule has 12 heteroatoms. The monoisotopic (exact) mass is 571 g/mol. The Morgan fingerprint density at radius 1 is 1.20 bits per heavy atom. The van der Waals surface area contributed by atoms with Gasteiger partial charge in [0, 0.05) is 31.9 Å². The van der Waals surface area contributed by atoms with E-state index in [-0.39, 0.29) is 42.4 Å². The van der Waals surface area contributed by atoms with Crippen LogP contribution >= 0.6 is 0 Å². The van der Waals surface area contributed by atoms with Crippen molar-refractivity contribution in [3.05, 3.63) is 70.2 Å². The van der Waals surface area contributed by atoms with Gasteiger partial charge in [0.2, 0.25) is 11.7 Å². The van der Waals surface area contributed by atoms with Crippen molar-refractivity contribution in [2.24, 2.45) is 5.92 Å². The van der Waals surface area contributed by atoms with Crippen LogP contribution in [0.1, 0.15) is 68.7 Å². The second kappa shape index (κ2) is 9.71. The van der Waals surface area contributed by atoms with Crippen molar-refractivity contribution >= 4 is 5.97 Å². The van der Waals surface area contributed by atoms with Gasteiger partial charge in [-0.05, 0) is 55.5 Å². The highest BCUT2D eigenvalue weighted by molar-refractivity contribution is 5.76. The maximum absolute atomic E-state index is 14.0. The number of carbonyl (C=O) groups is 1. The third-order valence-corrected chi connectivity index (χ3v) is 7.46. The smallest absolute Gasteiger partial charge is 0.435 e. The van der Waals surface area contributed by atoms with Crippen molar-refractivity contribution < 1.29 is 42.0 Å². The molecule has 6 rings (SSSR count). The van der Waals surface area contributed by atoms with Crippen molar-refractivity contribution in [1.82, 2.24) is 14.8 Å². The molecule has 41 heavy (non-hydrogen) atoms. The molecule has 3 heterocycles. The maximum atomic E-state index is 14.0. The zero-order valence-electron chi connectivity index (χ0n) is 22.6. The lowest BCUT2D eigenvalue weighted by Crippen LogP contribution is -2.29. The molecule has 2 aromatic heterocycles. The fourth-order valence-corrected chi connectivity index (χ4v) is 5.42. The molecule has 0 fully saturated rings. The first-order valence-electron chi connectivity index (χ1n) is 13.3. The number of rotatable bonds is 7. The second-order valence-corrected chi connectivity index (χ2v) is 10.8. The van der Waals surface area contributed by atoms with E-state index in [4.69, 9.17) is 18.9 Å². The highest BCUT2D eigenvalue weighted by Gasteiger charge is 2.44. The molecular weight excluding hydrogens is 543 g/mol. The van der Waals surface area contributed by atoms with Gasteiger partial charge < -0.3 is 24.1 Å². The van der Waals surface area contributed by atoms with Crippen LogP contribution in [0.4, 0.5) is 13.2 Å². The van der Waals surface area contributed by atoms with E-state index in [1.807, 2.05) is 19.9 Å². The number of aliphatic carboxylic acids is 1. The van der Waals surface area contributed by atoms with E-state index in [1.165, 1.54) is 4.68 Å². The summed E-state index contributed by atoms with van der Waals surface area (Å²) in [7, 11) is 0. The summed E-state index contributed by atoms with van der Waals surface area (Å²) in [6, 6.07) is 10.2. The lowest BCUT2D eigenvalue weighted by atomic mass is 9.83. The van der Waals surface area contributed by atoms with Gasteiger partial charge in [-0.3, -0.25) is 4.79 Å². The van der Waals surface area contributed by atoms with Gasteiger partial charge in [-0.15, -0.1) is 0 Å². The topological polar surface area (TPSA) is 105 Å². The average molecular weight is 572 g/mol. The van der Waals surface area contributed by atoms with Gasteiger partial charge in [0.15, 0.2) is 23.0 Å². The van der Waals surface area contributed by atoms with Gasteiger partial charge in [-0.2, -0.15) is 23.3 Å². The van der Waals surface area contributed by atoms with Crippen LogP contribution in [-0.4, -0.2) is 31.6 Å². The minimum Gasteiger partial charge on any atom is -0.488 e. The van der Waals surface area contributed by atoms with Crippen molar-refractivity contribution in [2.45, 2.75) is 71.1 Å². The number of nitrogens with zero attached hydrogens (tertiary/aromatic N) is 3. The Bertz CT molecular complexity index is 1560. The molecule has 0 saturated heterocycles. The number of benzene rings is 1. The van der Waals surface area contributed by atoms with Crippen LogP contribution in [0.15, 0.2) is 47.7 Å². The van der Waals surface area contributed by atoms with Crippen LogP contribution in [0.3, 0.4) is 0 Å². The van der Waals surface area contributed by atoms with Crippen molar-refractivity contribution in [1.29, 1.82) is 0 Å². The van der Waals surface area contributed by atoms with E-state index in [1.54, 1.807) is 37.3 Å². The highest BCUT2D eigenvalue weighted by atomic mass is 19.4. The predicted octanol–water partition coefficient (Wildman–Crippen LogP) is 6.14. The standard InChI is InChI=1S/C29H28F3N3O6/c1-15-18(27(36)37)13-21(15)39-20-7-4-6-17-25(20)35(34-26(17)29(30,31)32)23-8-5-9-24(33-23)38-14-16-10-11-19-22(12-16)41-28(2,3)40-19/h5,8-12,18,20H,4,6-7,13-14H2,1-3H3,(H,36,37). The van der Waals surface area contributed by atoms with Gasteiger partial charge in [0.25, 0.3) is 0 Å². The summed E-state index contributed by atoms with van der Waals surface area (Å²) in [5.74, 6) is -0.278. The number of fused-ring (bicyclic) bond motifs is 2. The van der Waals surface area contributed by atoms with Gasteiger partial charge >= 0.3 is 12.1 Å². The summed E-state index contributed by atoms with van der Waals surface area (Å²) >= 11 is 0. The number of ether oxygens (including phenoxy) is 4. The fourth-order valence-electron chi connectivity index (χ4n) is 5.42. The van der Waals surface area contributed by atoms with Crippen LogP contribution in [0.2, 0.25) is 0 Å². The summed E-state index contributed by atoms with van der Waals surface area (Å²) < 4.78 is 66.8. The van der Waals surface area contributed by atoms with Crippen molar-refractivity contribution in [2.75, 3.05) is 0 Å². The lowest BCUT2D eigenvalue weighted by molar-refractivity contribution is -0.143. The minimum atomic E-state index is -4.67. The molecule has 0 saturated carbocycles. The predicted molar refractivity (Wildman–Crippen MR) is 138 cm³/mol. The zero-order valence-corrected chi connectivity index (χ0v) is 22.6. The van der Waals surface area contributed by atoms with E-state index >= 15 is 0 Å². The Kier molecular flexibility index (Phi) is 6.39. The van der Waals surface area contributed by atoms with Gasteiger partial charge in [0.05, 0.1) is 17.4 Å². The molecular formula is C29H28F3N3O6. The largest absolute Gasteiger partial charge is 0.488 e. The van der Waals surface area contributed by atoms with E-state index in [9.17, 15) is 23.1 Å². The number of hydrogen-bond acceptors (Lipinski definition) is 7. The fraction of sp³-hybridized carbons (Fsp3) is 0.414. The van der Waals surface area contributed by atoms with E-state index in [2.05, 4.69) is 10.1 Å². The van der Waals surface area contributed by atoms with Crippen LogP contribution in [0.25, 0.3) is 5.82 Å². The second-order valence-electron chi connectivity index (χ2n) is 10.8. The summed E-state index contributed by atoms with van der Waals surface area (Å²) in [6.45, 7) is 5.43. The molecule has 216 valence electrons. The van der Waals surface area contributed by atoms with E-state index in [0.29, 0.717) is 35.7 Å². The highest BCUT2D eigenvalue weighted by Crippen LogP contribution is 2.45. The minimum absolute atomic E-state index is 0.0671. The summed E-state index contributed by atoms with van der Waals surface area (Å²) in [5.41, 5.74) is 0.737. The van der Waals surface area contributed by atoms with Crippen LogP contribution in [-0.2, 0) is 28.7 Å². The van der Waals surface area contributed by atoms with Gasteiger partial charge in [0.1, 0.15) is 12.7 Å². The molecule has 0 radical (unpaired) electrons. The normalized spacial score (nSPS) is 20.8. The maximum Gasteiger partial charge on any atom is 0.435 e. The van der Waals surface area contributed by atoms with Crippen molar-refractivity contribution in [3.8, 4) is 23.2 Å². The number of alkyl halides is 3. The summed E-state index contributed by atoms with van der Waals surface area (Å²) in [5, 5.41) is 13.3. The number of halogens is 3. The lowest BCUT2D eigenvalue weighted by Gasteiger charge is -2.33. The first-order valence-corrected chi connectivity index (χ1v) is 13.3. The zero-order chi connectivity index (χ0) is 29.1. The summed E-state index contributed by atoms with van der Waals surface area (Å²) in [4.78, 5) is 15.8. The first kappa shape index (κ1) is 27.0. The molecule has 2 unspecified atom stereocenters. The summed E-state index contributed by atoms with van der Waals surface area (Å²) in [6.07, 6.45) is -4.07. The third kappa shape index (κ3) is 5.07. The Labute approximate surface area is 233 Å². The SMILES string of the molecule is CC1=C(OC2CCCc3c(C(F)(F)F)nn(-c4cccc(OCc5ccc6c(c5)OC(C)(C)O6)n4)c32)CC1C(=O)O. The number of aromatic nitrogens is 3. The number of allylic oxidation sites excluding steroid dienone is 1. The van der Waals surface area contributed by atoms with E-state index < -0.39 is 35.6 Å². The van der Waals surface area contributed by atoms with Crippen LogP contribution in [0.5, 0.6) is 17.4 Å². The molecule has 1 aromatic carbocycles. The Hall–Kier alpha value is -4.22. The molecule has 3 aromatic rings. The number of carboxylic acid groups (broad SMARTS) is 1. The molecule has 2 atom stereocenters. The Morgan fingerprint density at radius 2 is 1.98 bits per heavy atom. The quantitative estimate of drug-likeness (QED) is 0.360. The molecule has 0 amide bonds.